The van der Waals surface area contributed by atoms with Crippen molar-refractivity contribution >= 4 is 28.0 Å². The molecule has 0 spiro atoms. The van der Waals surface area contributed by atoms with Crippen molar-refractivity contribution < 1.29 is 27.4 Å². The molecule has 13 heteroatoms. The molecule has 1 rings (SSSR count). The first-order valence-corrected chi connectivity index (χ1v) is 5.27. The average molecular weight is 293 g/mol. The lowest BCUT2D eigenvalue weighted by atomic mass is 10.2. The molecule has 1 aromatic rings. The monoisotopic (exact) mass is 293 g/mol. The highest BCUT2D eigenvalue weighted by atomic mass is 32.2. The predicted molar refractivity (Wildman–Crippen MR) is 57.3 cm³/mol. The van der Waals surface area contributed by atoms with E-state index in [1.54, 1.807) is 0 Å². The zero-order chi connectivity index (χ0) is 14.7. The Hall–Kier alpha value is -2.83. The number of hydrogen-bond acceptors (Lipinski definition) is 9. The van der Waals surface area contributed by atoms with Crippen molar-refractivity contribution in [2.24, 2.45) is 0 Å². The molecule has 19 heavy (non-hydrogen) atoms. The Labute approximate surface area is 104 Å². The van der Waals surface area contributed by atoms with Gasteiger partial charge < -0.3 is 4.18 Å². The van der Waals surface area contributed by atoms with Crippen molar-refractivity contribution in [3.05, 3.63) is 42.5 Å². The SMILES string of the molecule is O=[N+]([O-])c1cc([N+](=O)[O-])c(O[SH](=O)=O)c([N+](=O)[O-])c1. The Bertz CT molecular complexity index is 608. The van der Waals surface area contributed by atoms with Crippen LogP contribution < -0.4 is 4.18 Å². The number of thiol groups is 1. The Morgan fingerprint density at radius 1 is 0.895 bits per heavy atom. The van der Waals surface area contributed by atoms with Gasteiger partial charge in [0, 0.05) is 0 Å². The second-order valence-corrected chi connectivity index (χ2v) is 3.53. The number of nitrogens with zero attached hydrogens (tertiary/aromatic N) is 3. The van der Waals surface area contributed by atoms with E-state index in [0.29, 0.717) is 12.1 Å². The fourth-order valence-corrected chi connectivity index (χ4v) is 1.46. The van der Waals surface area contributed by atoms with Gasteiger partial charge in [0.2, 0.25) is 0 Å². The Balaban J connectivity index is 3.69. The summed E-state index contributed by atoms with van der Waals surface area (Å²) in [6, 6.07) is 0.725. The van der Waals surface area contributed by atoms with Crippen molar-refractivity contribution in [3.8, 4) is 5.75 Å². The zero-order valence-electron chi connectivity index (χ0n) is 8.62. The number of nitro groups is 3. The van der Waals surface area contributed by atoms with Crippen molar-refractivity contribution in [2.45, 2.75) is 0 Å². The van der Waals surface area contributed by atoms with Crippen molar-refractivity contribution in [1.82, 2.24) is 0 Å². The molecule has 102 valence electrons. The number of hydrogen-bond donors (Lipinski definition) is 1. The summed E-state index contributed by atoms with van der Waals surface area (Å²) in [6.07, 6.45) is 0. The normalized spacial score (nSPS) is 10.2. The highest BCUT2D eigenvalue weighted by Gasteiger charge is 2.32. The highest BCUT2D eigenvalue weighted by molar-refractivity contribution is 7.67. The van der Waals surface area contributed by atoms with Gasteiger partial charge in [0.05, 0.1) is 26.9 Å². The van der Waals surface area contributed by atoms with Crippen LogP contribution in [0.4, 0.5) is 17.1 Å². The van der Waals surface area contributed by atoms with Crippen molar-refractivity contribution in [3.63, 3.8) is 0 Å². The molecule has 0 unspecified atom stereocenters. The highest BCUT2D eigenvalue weighted by Crippen LogP contribution is 2.40. The largest absolute Gasteiger partial charge is 0.369 e. The third-order valence-electron chi connectivity index (χ3n) is 1.80. The molecule has 0 saturated heterocycles. The lowest BCUT2D eigenvalue weighted by molar-refractivity contribution is -0.404. The fraction of sp³-hybridized carbons (Fsp3) is 0. The summed E-state index contributed by atoms with van der Waals surface area (Å²) >= 11 is 0. The van der Waals surface area contributed by atoms with Gasteiger partial charge in [0.15, 0.2) is 0 Å². The van der Waals surface area contributed by atoms with Gasteiger partial charge in [-0.25, -0.2) is 0 Å². The van der Waals surface area contributed by atoms with Crippen LogP contribution >= 0.6 is 0 Å². The molecular weight excluding hydrogens is 290 g/mol. The first kappa shape index (κ1) is 14.2. The lowest BCUT2D eigenvalue weighted by Crippen LogP contribution is -2.02. The maximum atomic E-state index is 10.6. The maximum Gasteiger partial charge on any atom is 0.326 e. The van der Waals surface area contributed by atoms with E-state index in [2.05, 4.69) is 4.18 Å². The van der Waals surface area contributed by atoms with Gasteiger partial charge in [-0.3, -0.25) is 30.3 Å². The van der Waals surface area contributed by atoms with Crippen LogP contribution in [0.2, 0.25) is 0 Å². The van der Waals surface area contributed by atoms with E-state index < -0.39 is 48.6 Å². The van der Waals surface area contributed by atoms with Crippen LogP contribution in [0.25, 0.3) is 0 Å². The van der Waals surface area contributed by atoms with Crippen LogP contribution in [0.3, 0.4) is 0 Å². The molecule has 0 radical (unpaired) electrons. The molecular formula is C6H3N3O9S. The molecule has 0 saturated carbocycles. The van der Waals surface area contributed by atoms with Gasteiger partial charge in [-0.05, 0) is 0 Å². The molecule has 0 heterocycles. The minimum absolute atomic E-state index is 0.362. The molecule has 0 N–H and O–H groups in total. The number of non-ortho nitro benzene ring substituents is 1. The Kier molecular flexibility index (Phi) is 3.91. The van der Waals surface area contributed by atoms with E-state index in [-0.39, 0.29) is 0 Å². The third-order valence-corrected chi connectivity index (χ3v) is 2.14. The van der Waals surface area contributed by atoms with E-state index in [1.165, 1.54) is 0 Å². The average Bonchev–Trinajstić information content (AvgIpc) is 2.27. The van der Waals surface area contributed by atoms with Crippen LogP contribution in [0, 0.1) is 30.3 Å². The van der Waals surface area contributed by atoms with E-state index in [9.17, 15) is 38.8 Å². The van der Waals surface area contributed by atoms with Crippen molar-refractivity contribution in [2.75, 3.05) is 0 Å². The molecule has 0 amide bonds. The second kappa shape index (κ2) is 5.21. The van der Waals surface area contributed by atoms with E-state index in [4.69, 9.17) is 0 Å². The molecule has 0 atom stereocenters. The van der Waals surface area contributed by atoms with Crippen molar-refractivity contribution in [1.29, 1.82) is 0 Å². The summed E-state index contributed by atoms with van der Waals surface area (Å²) in [7, 11) is -3.66. The number of rotatable bonds is 5. The van der Waals surface area contributed by atoms with Gasteiger partial charge >= 0.3 is 11.4 Å². The Morgan fingerprint density at radius 3 is 1.58 bits per heavy atom. The van der Waals surface area contributed by atoms with Crippen LogP contribution in [-0.2, 0) is 11.0 Å². The predicted octanol–water partition coefficient (Wildman–Crippen LogP) is 0.316. The minimum Gasteiger partial charge on any atom is -0.369 e. The summed E-state index contributed by atoms with van der Waals surface area (Å²) in [4.78, 5) is 28.2. The van der Waals surface area contributed by atoms with E-state index >= 15 is 0 Å². The Morgan fingerprint density at radius 2 is 1.32 bits per heavy atom. The number of benzene rings is 1. The summed E-state index contributed by atoms with van der Waals surface area (Å²) < 4.78 is 24.7. The topological polar surface area (TPSA) is 173 Å². The molecule has 0 bridgehead atoms. The molecule has 0 aliphatic heterocycles. The van der Waals surface area contributed by atoms with Gasteiger partial charge in [-0.2, -0.15) is 8.42 Å². The van der Waals surface area contributed by atoms with Gasteiger partial charge in [0.25, 0.3) is 22.4 Å². The van der Waals surface area contributed by atoms with Crippen LogP contribution in [0.1, 0.15) is 0 Å². The molecule has 0 aliphatic rings. The molecule has 1 aromatic carbocycles. The smallest absolute Gasteiger partial charge is 0.326 e. The molecule has 12 nitrogen and oxygen atoms in total. The van der Waals surface area contributed by atoms with E-state index in [1.807, 2.05) is 0 Å². The first-order chi connectivity index (χ1) is 8.73. The van der Waals surface area contributed by atoms with Gasteiger partial charge in [-0.15, -0.1) is 0 Å². The molecule has 0 fully saturated rings. The van der Waals surface area contributed by atoms with Gasteiger partial charge in [-0.1, -0.05) is 0 Å². The lowest BCUT2D eigenvalue weighted by Gasteiger charge is -2.01. The summed E-state index contributed by atoms with van der Waals surface area (Å²) in [5.41, 5.74) is -3.33. The second-order valence-electron chi connectivity index (χ2n) is 2.90. The van der Waals surface area contributed by atoms with Crippen LogP contribution in [0.5, 0.6) is 5.75 Å². The number of nitro benzene ring substituents is 3. The first-order valence-electron chi connectivity index (χ1n) is 4.17. The minimum atomic E-state index is -3.66. The molecule has 0 aromatic heterocycles. The zero-order valence-corrected chi connectivity index (χ0v) is 9.51. The summed E-state index contributed by atoms with van der Waals surface area (Å²) in [5, 5.41) is 31.8. The third kappa shape index (κ3) is 3.09. The van der Waals surface area contributed by atoms with Crippen LogP contribution in [-0.4, -0.2) is 23.2 Å². The van der Waals surface area contributed by atoms with E-state index in [0.717, 1.165) is 0 Å². The molecule has 0 aliphatic carbocycles. The maximum absolute atomic E-state index is 10.6. The summed E-state index contributed by atoms with van der Waals surface area (Å²) in [6.45, 7) is 0. The summed E-state index contributed by atoms with van der Waals surface area (Å²) in [5.74, 6) is -1.18. The standard InChI is InChI=1S/C6H3N3O9S/c10-7(11)3-1-4(8(12)13)6(18-19(16)17)5(2-3)9(14)15/h1-2,19H. The fourth-order valence-electron chi connectivity index (χ4n) is 1.13. The van der Waals surface area contributed by atoms with Crippen LogP contribution in [0.15, 0.2) is 12.1 Å². The van der Waals surface area contributed by atoms with Gasteiger partial charge in [0.1, 0.15) is 0 Å². The quantitative estimate of drug-likeness (QED) is 0.455.